The molecule has 1 aromatic heterocycles. The lowest BCUT2D eigenvalue weighted by atomic mass is 9.95. The number of hydrogen-bond donors (Lipinski definition) is 1. The van der Waals surface area contributed by atoms with Crippen molar-refractivity contribution in [1.82, 2.24) is 9.88 Å². The zero-order chi connectivity index (χ0) is 22.0. The highest BCUT2D eigenvalue weighted by Crippen LogP contribution is 2.34. The summed E-state index contributed by atoms with van der Waals surface area (Å²) in [5, 5.41) is 11.4. The average Bonchev–Trinajstić information content (AvgIpc) is 3.25. The minimum absolute atomic E-state index is 0.0686. The first-order valence-corrected chi connectivity index (χ1v) is 9.52. The molecule has 1 aliphatic heterocycles. The van der Waals surface area contributed by atoms with Gasteiger partial charge in [-0.15, -0.1) is 0 Å². The third-order valence-electron chi connectivity index (χ3n) is 5.30. The molecule has 2 atom stereocenters. The molecule has 1 amide bonds. The van der Waals surface area contributed by atoms with Gasteiger partial charge in [-0.25, -0.2) is 9.59 Å². The number of nitrogens with zero attached hydrogens (tertiary/aromatic N) is 2. The molecule has 0 saturated carbocycles. The fourth-order valence-electron chi connectivity index (χ4n) is 3.78. The predicted molar refractivity (Wildman–Crippen MR) is 109 cm³/mol. The Hall–Kier alpha value is -3.74. The van der Waals surface area contributed by atoms with Gasteiger partial charge < -0.3 is 14.7 Å². The minimum Gasteiger partial charge on any atom is -0.479 e. The predicted octanol–water partition coefficient (Wildman–Crippen LogP) is 3.04. The van der Waals surface area contributed by atoms with Crippen LogP contribution in [-0.2, 0) is 20.9 Å². The van der Waals surface area contributed by atoms with Crippen LogP contribution in [0.15, 0.2) is 66.9 Å². The van der Waals surface area contributed by atoms with Gasteiger partial charge in [-0.1, -0.05) is 54.6 Å². The maximum Gasteiger partial charge on any atom is 0.344 e. The topological polar surface area (TPSA) is 96.8 Å². The number of amides is 1. The maximum atomic E-state index is 13.4. The molecule has 1 unspecified atom stereocenters. The van der Waals surface area contributed by atoms with Gasteiger partial charge in [-0.05, 0) is 29.9 Å². The number of esters is 1. The summed E-state index contributed by atoms with van der Waals surface area (Å²) in [5.74, 6) is -3.27. The number of carboxylic acid groups (broad SMARTS) is 1. The molecular formula is C23H20N2O5. The van der Waals surface area contributed by atoms with E-state index in [1.54, 1.807) is 48.5 Å². The second-order valence-corrected chi connectivity index (χ2v) is 7.04. The van der Waals surface area contributed by atoms with Crippen LogP contribution in [0.4, 0.5) is 0 Å². The molecule has 7 heteroatoms. The van der Waals surface area contributed by atoms with Crippen LogP contribution in [0.3, 0.4) is 0 Å². The van der Waals surface area contributed by atoms with Gasteiger partial charge in [0.05, 0.1) is 1.37 Å². The van der Waals surface area contributed by atoms with E-state index in [0.29, 0.717) is 17.4 Å². The number of rotatable bonds is 5. The molecule has 0 spiro atoms. The summed E-state index contributed by atoms with van der Waals surface area (Å²) < 4.78 is 13.3. The van der Waals surface area contributed by atoms with E-state index in [1.165, 1.54) is 6.20 Å². The molecule has 1 aliphatic rings. The van der Waals surface area contributed by atoms with Gasteiger partial charge in [0.15, 0.2) is 0 Å². The highest BCUT2D eigenvalue weighted by atomic mass is 16.5. The van der Waals surface area contributed by atoms with E-state index in [9.17, 15) is 19.5 Å². The molecule has 1 fully saturated rings. The lowest BCUT2D eigenvalue weighted by molar-refractivity contribution is -0.168. The van der Waals surface area contributed by atoms with Crippen LogP contribution < -0.4 is 0 Å². The molecule has 152 valence electrons. The van der Waals surface area contributed by atoms with E-state index in [0.717, 1.165) is 10.3 Å². The summed E-state index contributed by atoms with van der Waals surface area (Å²) in [6.07, 6.45) is 1.69. The van der Waals surface area contributed by atoms with Crippen molar-refractivity contribution in [3.8, 4) is 0 Å². The smallest absolute Gasteiger partial charge is 0.344 e. The Labute approximate surface area is 174 Å². The molecule has 0 radical (unpaired) electrons. The molecule has 1 saturated heterocycles. The summed E-state index contributed by atoms with van der Waals surface area (Å²) in [7, 11) is 0. The summed E-state index contributed by atoms with van der Waals surface area (Å²) in [6, 6.07) is 17.2. The number of carbonyl (C=O) groups is 3. The highest BCUT2D eigenvalue weighted by Gasteiger charge is 2.58. The number of pyridine rings is 1. The van der Waals surface area contributed by atoms with E-state index in [4.69, 9.17) is 6.11 Å². The van der Waals surface area contributed by atoms with Gasteiger partial charge >= 0.3 is 11.9 Å². The van der Waals surface area contributed by atoms with Gasteiger partial charge in [0.1, 0.15) is 12.3 Å². The van der Waals surface area contributed by atoms with Crippen molar-refractivity contribution < 1.29 is 25.6 Å². The Morgan fingerprint density at radius 1 is 1.10 bits per heavy atom. The number of hydrogen-bond acceptors (Lipinski definition) is 5. The molecular weight excluding hydrogens is 384 g/mol. The van der Waals surface area contributed by atoms with Crippen LogP contribution in [0.5, 0.6) is 0 Å². The van der Waals surface area contributed by atoms with E-state index in [1.807, 2.05) is 12.1 Å². The summed E-state index contributed by atoms with van der Waals surface area (Å²) in [6.45, 7) is -1.34. The van der Waals surface area contributed by atoms with Crippen LogP contribution >= 0.6 is 0 Å². The van der Waals surface area contributed by atoms with Crippen LogP contribution in [0, 0.1) is 0 Å². The zero-order valence-corrected chi connectivity index (χ0v) is 16.0. The van der Waals surface area contributed by atoms with Crippen molar-refractivity contribution >= 4 is 28.6 Å². The highest BCUT2D eigenvalue weighted by molar-refractivity contribution is 6.12. The molecule has 2 heterocycles. The monoisotopic (exact) mass is 405 g/mol. The fourth-order valence-corrected chi connectivity index (χ4v) is 3.78. The largest absolute Gasteiger partial charge is 0.479 e. The van der Waals surface area contributed by atoms with Crippen molar-refractivity contribution in [1.29, 1.82) is 0 Å². The number of benzene rings is 2. The van der Waals surface area contributed by atoms with Crippen LogP contribution in [0.2, 0.25) is 0 Å². The maximum absolute atomic E-state index is 13.4. The first kappa shape index (κ1) is 18.3. The van der Waals surface area contributed by atoms with Crippen molar-refractivity contribution in [2.45, 2.75) is 25.0 Å². The lowest BCUT2D eigenvalue weighted by Gasteiger charge is -2.32. The van der Waals surface area contributed by atoms with Crippen LogP contribution in [0.1, 0.15) is 30.3 Å². The van der Waals surface area contributed by atoms with E-state index >= 15 is 0 Å². The van der Waals surface area contributed by atoms with Gasteiger partial charge in [0.25, 0.3) is 5.91 Å². The van der Waals surface area contributed by atoms with Crippen molar-refractivity contribution in [3.63, 3.8) is 0 Å². The summed E-state index contributed by atoms with van der Waals surface area (Å²) in [4.78, 5) is 44.0. The number of aliphatic carboxylic acids is 1. The third-order valence-corrected chi connectivity index (χ3v) is 5.30. The lowest BCUT2D eigenvalue weighted by Crippen LogP contribution is -2.59. The van der Waals surface area contributed by atoms with Crippen molar-refractivity contribution in [3.05, 3.63) is 78.1 Å². The molecule has 2 aromatic carbocycles. The Morgan fingerprint density at radius 3 is 2.60 bits per heavy atom. The third kappa shape index (κ3) is 3.28. The van der Waals surface area contributed by atoms with Crippen LogP contribution in [-0.4, -0.2) is 44.9 Å². The fraction of sp³-hybridized carbons (Fsp3) is 0.217. The number of carbonyl (C=O) groups excluding carboxylic acids is 2. The van der Waals surface area contributed by atoms with Crippen LogP contribution in [0.25, 0.3) is 10.8 Å². The standard InChI is InChI=1S/C23H20N2O5/c26-20(19-18-10-5-4-9-17(18)11-13-24-19)25-14-6-12-23(25,21(27)28)22(29)30-15-16-7-2-1-3-8-16/h1-5,7-11,13H,6,12,14-15H2,(H,27,28)/t23-/m0/s1/i15D/t15?,23-. The Kier molecular flexibility index (Phi) is 4.85. The average molecular weight is 405 g/mol. The normalized spacial score (nSPS) is 19.9. The summed E-state index contributed by atoms with van der Waals surface area (Å²) >= 11 is 0. The Bertz CT molecular complexity index is 1150. The van der Waals surface area contributed by atoms with Gasteiger partial charge in [-0.3, -0.25) is 9.78 Å². The zero-order valence-electron chi connectivity index (χ0n) is 17.0. The molecule has 30 heavy (non-hydrogen) atoms. The number of fused-ring (bicyclic) bond motifs is 1. The molecule has 0 aliphatic carbocycles. The number of likely N-dealkylation sites (tertiary alicyclic amines) is 1. The number of carboxylic acids is 1. The molecule has 4 rings (SSSR count). The van der Waals surface area contributed by atoms with E-state index in [-0.39, 0.29) is 18.7 Å². The van der Waals surface area contributed by atoms with Gasteiger partial charge in [0, 0.05) is 18.1 Å². The van der Waals surface area contributed by atoms with Gasteiger partial charge in [-0.2, -0.15) is 0 Å². The van der Waals surface area contributed by atoms with Crippen molar-refractivity contribution in [2.75, 3.05) is 6.54 Å². The van der Waals surface area contributed by atoms with E-state index < -0.39 is 30.0 Å². The van der Waals surface area contributed by atoms with Gasteiger partial charge in [0.2, 0.25) is 5.54 Å². The number of aromatic nitrogens is 1. The molecule has 3 aromatic rings. The molecule has 7 nitrogen and oxygen atoms in total. The molecule has 0 bridgehead atoms. The molecule has 1 N–H and O–H groups in total. The SMILES string of the molecule is [2H]C(OC(=O)[C@@]1(C(=O)O)CCCN1C(=O)c1nccc2ccccc12)c1ccccc1. The first-order chi connectivity index (χ1) is 14.9. The summed E-state index contributed by atoms with van der Waals surface area (Å²) in [5.41, 5.74) is -1.73. The Balaban J connectivity index is 1.69. The quantitative estimate of drug-likeness (QED) is 0.518. The second-order valence-electron chi connectivity index (χ2n) is 7.04. The van der Waals surface area contributed by atoms with E-state index in [2.05, 4.69) is 4.98 Å². The second kappa shape index (κ2) is 7.94. The Morgan fingerprint density at radius 2 is 1.83 bits per heavy atom. The number of ether oxygens (including phenoxy) is 1. The minimum atomic E-state index is -2.20. The van der Waals surface area contributed by atoms with Crippen molar-refractivity contribution in [2.24, 2.45) is 0 Å². The first-order valence-electron chi connectivity index (χ1n) is 10.1.